The molecular weight excluding hydrogens is 1750 g/mol. The number of ether oxygens (including phenoxy) is 1. The van der Waals surface area contributed by atoms with Gasteiger partial charge in [-0.2, -0.15) is 11.8 Å². The van der Waals surface area contributed by atoms with E-state index in [0.717, 1.165) is 43.5 Å². The molecule has 9 N–H and O–H groups in total. The van der Waals surface area contributed by atoms with Crippen LogP contribution in [-0.2, 0) is 56.2 Å². The van der Waals surface area contributed by atoms with Crippen LogP contribution in [0.1, 0.15) is 120 Å². The van der Waals surface area contributed by atoms with E-state index in [0.29, 0.717) is 177 Å². The van der Waals surface area contributed by atoms with Crippen LogP contribution in [0.25, 0.3) is 68.3 Å². The number of hydrogen-bond acceptors (Lipinski definition) is 29. The molecule has 0 spiro atoms. The van der Waals surface area contributed by atoms with Crippen molar-refractivity contribution in [3.05, 3.63) is 279 Å². The number of nitrogens with one attached hydrogen (secondary N) is 7. The van der Waals surface area contributed by atoms with Gasteiger partial charge in [-0.25, -0.2) is 4.79 Å². The summed E-state index contributed by atoms with van der Waals surface area (Å²) in [6.07, 6.45) is 10.3. The Morgan fingerprint density at radius 1 is 0.466 bits per heavy atom. The Morgan fingerprint density at radius 2 is 0.835 bits per heavy atom. The molecule has 133 heavy (non-hydrogen) atoms. The molecule has 0 bridgehead atoms. The molecule has 47 nitrogen and oxygen atoms in total. The summed E-state index contributed by atoms with van der Waals surface area (Å²) in [7, 11) is 0. The lowest BCUT2D eigenvalue weighted by molar-refractivity contribution is -0.808. The number of aromatic nitrogens is 20. The zero-order valence-electron chi connectivity index (χ0n) is 69.8. The van der Waals surface area contributed by atoms with Crippen LogP contribution in [-0.4, -0.2) is 132 Å². The van der Waals surface area contributed by atoms with Crippen molar-refractivity contribution in [1.82, 2.24) is 76.2 Å². The Morgan fingerprint density at radius 3 is 1.23 bits per heavy atom. The van der Waals surface area contributed by atoms with Gasteiger partial charge in [0.05, 0.1) is 88.5 Å². The number of hydrogen-bond donors (Lipinski definition) is 8. The van der Waals surface area contributed by atoms with Crippen molar-refractivity contribution in [1.29, 1.82) is 0 Å². The molecule has 15 aromatic rings. The summed E-state index contributed by atoms with van der Waals surface area (Å²) >= 11 is 1.81. The quantitative estimate of drug-likeness (QED) is 0.0178. The van der Waals surface area contributed by atoms with Crippen LogP contribution >= 0.6 is 11.8 Å². The number of thioether (sulfide) groups is 1. The Hall–Kier alpha value is -17.8. The van der Waals surface area contributed by atoms with Crippen LogP contribution in [0.5, 0.6) is 5.75 Å². The Bertz CT molecular complexity index is 7130. The van der Waals surface area contributed by atoms with Crippen LogP contribution in [0.2, 0.25) is 0 Å². The van der Waals surface area contributed by atoms with Gasteiger partial charge in [0.25, 0.3) is 23.6 Å². The number of nitrogen functional groups attached to an aromatic ring is 1. The predicted octanol–water partition coefficient (Wildman–Crippen LogP) is 3.34. The van der Waals surface area contributed by atoms with Gasteiger partial charge in [0.15, 0.2) is 22.8 Å². The number of nitrogens with zero attached hydrogens (tertiary/aromatic N) is 20. The predicted molar refractivity (Wildman–Crippen MR) is 460 cm³/mol. The summed E-state index contributed by atoms with van der Waals surface area (Å²) in [5.41, 5.74) is 14.9. The van der Waals surface area contributed by atoms with E-state index in [4.69, 9.17) is 21.5 Å². The largest absolute Gasteiger partial charge is 0.692 e. The summed E-state index contributed by atoms with van der Waals surface area (Å²) in [6.45, 7) is 2.71. The molecule has 674 valence electrons. The number of benzene rings is 7. The highest BCUT2D eigenvalue weighted by Crippen LogP contribution is 2.36. The molecule has 10 heterocycles. The van der Waals surface area contributed by atoms with Crippen molar-refractivity contribution in [3.63, 3.8) is 0 Å². The van der Waals surface area contributed by atoms with Gasteiger partial charge >= 0.3 is 51.6 Å². The molecule has 21 rings (SSSR count). The summed E-state index contributed by atoms with van der Waals surface area (Å²) in [5.74, 6) is 2.02. The first-order valence-corrected chi connectivity index (χ1v) is 42.5. The third kappa shape index (κ3) is 17.0. The van der Waals surface area contributed by atoms with E-state index in [1.165, 1.54) is 0 Å². The van der Waals surface area contributed by atoms with Crippen LogP contribution in [0.3, 0.4) is 0 Å². The molecule has 8 aromatic heterocycles. The fraction of sp³-hybridized carbons (Fsp3) is 0.224. The molecule has 6 aliphatic rings. The van der Waals surface area contributed by atoms with E-state index in [9.17, 15) is 70.4 Å². The van der Waals surface area contributed by atoms with Gasteiger partial charge < -0.3 is 89.3 Å². The first-order valence-electron chi connectivity index (χ1n) is 41.5. The third-order valence-corrected chi connectivity index (χ3v) is 23.9. The van der Waals surface area contributed by atoms with E-state index in [-0.39, 0.29) is 134 Å². The highest BCUT2D eigenvalue weighted by Gasteiger charge is 2.46. The van der Waals surface area contributed by atoms with Gasteiger partial charge in [-0.05, 0) is 167 Å². The minimum absolute atomic E-state index is 0.0615. The fourth-order valence-electron chi connectivity index (χ4n) is 16.0. The summed E-state index contributed by atoms with van der Waals surface area (Å²) in [6, 6.07) is 47.0. The van der Waals surface area contributed by atoms with Crippen LogP contribution in [0.4, 0.5) is 33.2 Å². The van der Waals surface area contributed by atoms with Crippen molar-refractivity contribution in [2.45, 2.75) is 101 Å². The van der Waals surface area contributed by atoms with Gasteiger partial charge in [0, 0.05) is 97.2 Å². The molecule has 0 radical (unpaired) electrons. The normalized spacial score (nSPS) is 14.7. The maximum Gasteiger partial charge on any atom is 0.315 e. The van der Waals surface area contributed by atoms with E-state index in [2.05, 4.69) is 98.0 Å². The Labute approximate surface area is 752 Å². The number of carbonyl (C=O) groups excluding carboxylic acids is 6. The van der Waals surface area contributed by atoms with E-state index < -0.39 is 23.6 Å². The number of nitrogens with two attached hydrogens (primary N) is 1. The number of terminal acetylenes is 1. The van der Waals surface area contributed by atoms with Gasteiger partial charge in [-0.1, -0.05) is 73.5 Å². The Balaban J connectivity index is 0.000000121. The number of para-hydroxylation sites is 4. The SMILES string of the molecule is C#CCNC(=O)c1ccccc1-n1nc2c([n+]1[O-])CCc1c-2no[n+]1[O-].CCCOc1ccc(NC(=O)c2ccccc2-n2nc3c([n+]2[O-])CCc2c-3no[n+]2[O-])cc1.Nc1cccc(NC(=O)c2ccccc2-n2nc3c([n+]2[O-])CCc2c-3no[n+]2[O-])c1.O=C(CCC[C@H]1SC[C@H]2NC(=O)N[C@H]21)Nc1cccc(NC(=O)c2ccccc2-n2nc3c([n+]2[O-])CCc2c-3no[n+]2[O-])c1. The second-order valence-electron chi connectivity index (χ2n) is 30.7. The van der Waals surface area contributed by atoms with Crippen molar-refractivity contribution < 1.29 is 91.0 Å². The molecule has 0 unspecified atom stereocenters. The standard InChI is InChI=1S/C28H27N9O6S.C22H20N6O5.C19H15N7O4.C16H12N6O4/c38-23(10-4-9-22-24-18(14-44-22)31-28(40)32-24)29-15-5-3-6-16(13-15)30-27(39)17-7-1-2-8-19(17)35-33-25-20(36(35)41)11-12-21-26(25)34-43-37(21)42;1-2-13-32-15-9-7-14(8-10-15)23-22(29)16-5-3-4-6-17(16)26-24-20-18(27(26)30)11-12-19-21(20)25-33-28(19)31;20-11-4-3-5-12(10-11)21-19(27)13-6-1-2-7-14(13)24-22-17-15(25(24)28)8-9-16-18(17)23-30-26(16)29;1-2-9-17-16(23)10-5-3-4-6-11(10)20-18-14-12(21(20)24)7-8-13-15(14)19-26-22(13)25/h1-3,5-8,13,18,22,24H,4,9-12,14H2,(H,29,38)(H,30,39)(H2,31,32,40);3-10H,2,11-13H2,1H3,(H,23,29);1-7,10H,8-9,20H2,(H,21,27);1,3-6H,7-9H2,(H,17,23)/t18-,22-,24-;;;/m1.../s1. The minimum Gasteiger partial charge on any atom is -0.692 e. The second-order valence-corrected chi connectivity index (χ2v) is 32.0. The molecule has 2 fully saturated rings. The number of carbonyl (C=O) groups is 6. The third-order valence-electron chi connectivity index (χ3n) is 22.3. The van der Waals surface area contributed by atoms with Crippen LogP contribution in [0, 0.1) is 54.0 Å². The average Bonchev–Trinajstić information content (AvgIpc) is 1.61. The lowest BCUT2D eigenvalue weighted by atomic mass is 10.0. The van der Waals surface area contributed by atoms with E-state index in [1.807, 2.05) is 18.7 Å². The highest BCUT2D eigenvalue weighted by atomic mass is 32.2. The molecule has 0 saturated carbocycles. The van der Waals surface area contributed by atoms with Crippen LogP contribution < -0.4 is 86.7 Å². The number of fused-ring (bicyclic) bond motifs is 13. The smallest absolute Gasteiger partial charge is 0.315 e. The Kier molecular flexibility index (Phi) is 23.6. The highest BCUT2D eigenvalue weighted by molar-refractivity contribution is 8.00. The summed E-state index contributed by atoms with van der Waals surface area (Å²) in [5, 5.41) is 151. The molecule has 7 amide bonds. The zero-order valence-corrected chi connectivity index (χ0v) is 70.6. The first kappa shape index (κ1) is 86.0. The maximum absolute atomic E-state index is 13.4. The molecule has 2 saturated heterocycles. The fourth-order valence-corrected chi connectivity index (χ4v) is 17.6. The lowest BCUT2D eigenvalue weighted by Crippen LogP contribution is -2.42. The first-order chi connectivity index (χ1) is 64.6. The maximum atomic E-state index is 13.4. The van der Waals surface area contributed by atoms with Gasteiger partial charge in [-0.3, -0.25) is 42.5 Å². The van der Waals surface area contributed by atoms with Crippen molar-refractivity contribution >= 4 is 75.8 Å². The average molecular weight is 1820 g/mol. The molecule has 48 heteroatoms. The second kappa shape index (κ2) is 36.5. The van der Waals surface area contributed by atoms with Crippen molar-refractivity contribution in [3.8, 4) is 86.4 Å². The molecule has 4 aliphatic carbocycles. The van der Waals surface area contributed by atoms with Crippen molar-refractivity contribution in [2.75, 3.05) is 45.9 Å². The minimum atomic E-state index is -0.488. The number of amides is 7. The number of rotatable bonds is 20. The molecule has 3 atom stereocenters. The van der Waals surface area contributed by atoms with Gasteiger partial charge in [0.2, 0.25) is 28.7 Å². The molecule has 2 aliphatic heterocycles. The van der Waals surface area contributed by atoms with Crippen molar-refractivity contribution in [2.24, 2.45) is 0 Å². The number of urea groups is 1. The van der Waals surface area contributed by atoms with Gasteiger partial charge in [0.1, 0.15) is 28.5 Å². The van der Waals surface area contributed by atoms with E-state index >= 15 is 0 Å². The molecule has 7 aromatic carbocycles. The zero-order chi connectivity index (χ0) is 92.4. The topological polar surface area (TPSA) is 613 Å². The summed E-state index contributed by atoms with van der Waals surface area (Å²) < 4.78 is 24.2. The summed E-state index contributed by atoms with van der Waals surface area (Å²) in [4.78, 5) is 83.9. The monoisotopic (exact) mass is 1820 g/mol. The van der Waals surface area contributed by atoms with Crippen LogP contribution in [0.15, 0.2) is 188 Å². The lowest BCUT2D eigenvalue weighted by Gasteiger charge is -2.16. The number of anilines is 5. The van der Waals surface area contributed by atoms with Gasteiger partial charge in [-0.15, -0.1) is 25.8 Å². The molecular formula is C85H74N28O19S. The van der Waals surface area contributed by atoms with E-state index in [1.54, 1.807) is 170 Å².